The summed E-state index contributed by atoms with van der Waals surface area (Å²) < 4.78 is 37.6. The molecule has 158 valence electrons. The van der Waals surface area contributed by atoms with Crippen LogP contribution in [0.1, 0.15) is 30.4 Å². The van der Waals surface area contributed by atoms with Crippen molar-refractivity contribution < 1.29 is 22.7 Å². The number of benzene rings is 1. The largest absolute Gasteiger partial charge is 0.382 e. The molecule has 1 amide bonds. The second-order valence-corrected chi connectivity index (χ2v) is 9.10. The number of hydrogen-bond donors (Lipinski definition) is 1. The predicted molar refractivity (Wildman–Crippen MR) is 108 cm³/mol. The Bertz CT molecular complexity index is 743. The van der Waals surface area contributed by atoms with Gasteiger partial charge in [0, 0.05) is 39.3 Å². The van der Waals surface area contributed by atoms with Crippen LogP contribution in [0.4, 0.5) is 0 Å². The first-order valence-electron chi connectivity index (χ1n) is 9.78. The summed E-state index contributed by atoms with van der Waals surface area (Å²) in [7, 11) is -1.89. The Labute approximate surface area is 168 Å². The molecular formula is C20H32N2O5S. The minimum absolute atomic E-state index is 0.000422. The highest BCUT2D eigenvalue weighted by Gasteiger charge is 2.32. The molecule has 0 radical (unpaired) electrons. The van der Waals surface area contributed by atoms with E-state index in [1.165, 1.54) is 4.31 Å². The monoisotopic (exact) mass is 412 g/mol. The van der Waals surface area contributed by atoms with Crippen LogP contribution in [0, 0.1) is 19.8 Å². The number of carbonyl (C=O) groups excluding carboxylic acids is 1. The van der Waals surface area contributed by atoms with Gasteiger partial charge in [-0.25, -0.2) is 8.42 Å². The predicted octanol–water partition coefficient (Wildman–Crippen LogP) is 1.87. The van der Waals surface area contributed by atoms with Gasteiger partial charge in [0.1, 0.15) is 0 Å². The van der Waals surface area contributed by atoms with E-state index in [2.05, 4.69) is 5.32 Å². The van der Waals surface area contributed by atoms with Crippen LogP contribution in [0.25, 0.3) is 0 Å². The molecule has 2 rings (SSSR count). The summed E-state index contributed by atoms with van der Waals surface area (Å²) in [5, 5.41) is 2.93. The van der Waals surface area contributed by atoms with E-state index < -0.39 is 10.0 Å². The van der Waals surface area contributed by atoms with Gasteiger partial charge in [-0.2, -0.15) is 4.31 Å². The molecule has 1 N–H and O–H groups in total. The quantitative estimate of drug-likeness (QED) is 0.593. The van der Waals surface area contributed by atoms with Crippen molar-refractivity contribution in [2.75, 3.05) is 46.6 Å². The van der Waals surface area contributed by atoms with Crippen molar-refractivity contribution in [3.63, 3.8) is 0 Å². The number of piperidine rings is 1. The van der Waals surface area contributed by atoms with E-state index in [-0.39, 0.29) is 11.8 Å². The third kappa shape index (κ3) is 6.27. The molecule has 28 heavy (non-hydrogen) atoms. The number of sulfonamides is 1. The number of aryl methyl sites for hydroxylation is 2. The number of ether oxygens (including phenoxy) is 2. The van der Waals surface area contributed by atoms with Crippen molar-refractivity contribution in [3.05, 3.63) is 29.3 Å². The van der Waals surface area contributed by atoms with Crippen LogP contribution in [0.2, 0.25) is 0 Å². The standard InChI is InChI=1S/C20H32N2O5S/c1-16-5-6-19(17(2)15-16)28(24,25)22-10-7-18(8-11-22)20(23)21-9-4-12-27-14-13-26-3/h5-6,15,18H,4,7-14H2,1-3H3,(H,21,23). The molecule has 0 bridgehead atoms. The molecule has 0 saturated carbocycles. The third-order valence-electron chi connectivity index (χ3n) is 4.97. The Hall–Kier alpha value is -1.48. The molecule has 1 aliphatic heterocycles. The van der Waals surface area contributed by atoms with Gasteiger partial charge in [0.05, 0.1) is 18.1 Å². The van der Waals surface area contributed by atoms with E-state index in [1.807, 2.05) is 26.0 Å². The van der Waals surface area contributed by atoms with Gasteiger partial charge in [-0.1, -0.05) is 17.7 Å². The maximum atomic E-state index is 12.9. The van der Waals surface area contributed by atoms with Crippen molar-refractivity contribution in [1.82, 2.24) is 9.62 Å². The Morgan fingerprint density at radius 2 is 1.89 bits per heavy atom. The highest BCUT2D eigenvalue weighted by Crippen LogP contribution is 2.26. The van der Waals surface area contributed by atoms with Gasteiger partial charge in [0.25, 0.3) is 0 Å². The fourth-order valence-corrected chi connectivity index (χ4v) is 5.04. The van der Waals surface area contributed by atoms with Crippen LogP contribution in [0.15, 0.2) is 23.1 Å². The van der Waals surface area contributed by atoms with Gasteiger partial charge in [-0.3, -0.25) is 4.79 Å². The summed E-state index contributed by atoms with van der Waals surface area (Å²) in [5.74, 6) is -0.138. The second kappa shape index (κ2) is 10.9. The molecule has 0 unspecified atom stereocenters. The minimum Gasteiger partial charge on any atom is -0.382 e. The number of methoxy groups -OCH3 is 1. The average molecular weight is 413 g/mol. The maximum absolute atomic E-state index is 12.9. The molecule has 7 nitrogen and oxygen atoms in total. The zero-order valence-electron chi connectivity index (χ0n) is 17.1. The highest BCUT2D eigenvalue weighted by atomic mass is 32.2. The number of rotatable bonds is 10. The molecule has 8 heteroatoms. The lowest BCUT2D eigenvalue weighted by atomic mass is 9.97. The molecular weight excluding hydrogens is 380 g/mol. The van der Waals surface area contributed by atoms with Crippen molar-refractivity contribution in [2.45, 2.75) is 38.0 Å². The average Bonchev–Trinajstić information content (AvgIpc) is 2.67. The normalized spacial score (nSPS) is 16.2. The molecule has 0 spiro atoms. The lowest BCUT2D eigenvalue weighted by molar-refractivity contribution is -0.126. The topological polar surface area (TPSA) is 84.9 Å². The first-order chi connectivity index (χ1) is 13.4. The molecule has 1 saturated heterocycles. The van der Waals surface area contributed by atoms with Crippen LogP contribution < -0.4 is 5.32 Å². The minimum atomic E-state index is -3.52. The molecule has 1 heterocycles. The summed E-state index contributed by atoms with van der Waals surface area (Å²) in [6.07, 6.45) is 1.83. The molecule has 1 fully saturated rings. The van der Waals surface area contributed by atoms with Crippen LogP contribution in [-0.2, 0) is 24.3 Å². The Morgan fingerprint density at radius 3 is 2.54 bits per heavy atom. The molecule has 1 aromatic carbocycles. The Morgan fingerprint density at radius 1 is 1.18 bits per heavy atom. The lowest BCUT2D eigenvalue weighted by Gasteiger charge is -2.31. The van der Waals surface area contributed by atoms with E-state index in [0.717, 1.165) is 17.5 Å². The number of nitrogens with zero attached hydrogens (tertiary/aromatic N) is 1. The van der Waals surface area contributed by atoms with Crippen LogP contribution >= 0.6 is 0 Å². The zero-order chi connectivity index (χ0) is 20.6. The van der Waals surface area contributed by atoms with Gasteiger partial charge in [-0.05, 0) is 44.7 Å². The third-order valence-corrected chi connectivity index (χ3v) is 7.03. The maximum Gasteiger partial charge on any atom is 0.243 e. The second-order valence-electron chi connectivity index (χ2n) is 7.20. The van der Waals surface area contributed by atoms with E-state index >= 15 is 0 Å². The number of hydrogen-bond acceptors (Lipinski definition) is 5. The van der Waals surface area contributed by atoms with Crippen LogP contribution in [-0.4, -0.2) is 65.2 Å². The highest BCUT2D eigenvalue weighted by molar-refractivity contribution is 7.89. The number of carbonyl (C=O) groups is 1. The van der Waals surface area contributed by atoms with Crippen molar-refractivity contribution in [1.29, 1.82) is 0 Å². The van der Waals surface area contributed by atoms with Crippen LogP contribution in [0.3, 0.4) is 0 Å². The van der Waals surface area contributed by atoms with Gasteiger partial charge in [0.2, 0.25) is 15.9 Å². The molecule has 0 atom stereocenters. The summed E-state index contributed by atoms with van der Waals surface area (Å²) in [6.45, 7) is 6.76. The van der Waals surface area contributed by atoms with Crippen LogP contribution in [0.5, 0.6) is 0 Å². The first-order valence-corrected chi connectivity index (χ1v) is 11.2. The molecule has 0 aromatic heterocycles. The van der Waals surface area contributed by atoms with Gasteiger partial charge >= 0.3 is 0 Å². The van der Waals surface area contributed by atoms with Gasteiger partial charge < -0.3 is 14.8 Å². The fraction of sp³-hybridized carbons (Fsp3) is 0.650. The smallest absolute Gasteiger partial charge is 0.243 e. The van der Waals surface area contributed by atoms with Crippen molar-refractivity contribution in [2.24, 2.45) is 5.92 Å². The first kappa shape index (κ1) is 22.8. The molecule has 0 aliphatic carbocycles. The SMILES string of the molecule is COCCOCCCNC(=O)C1CCN(S(=O)(=O)c2ccc(C)cc2C)CC1. The lowest BCUT2D eigenvalue weighted by Crippen LogP contribution is -2.43. The summed E-state index contributed by atoms with van der Waals surface area (Å²) >= 11 is 0. The fourth-order valence-electron chi connectivity index (χ4n) is 3.36. The van der Waals surface area contributed by atoms with Crippen molar-refractivity contribution >= 4 is 15.9 Å². The van der Waals surface area contributed by atoms with Gasteiger partial charge in [-0.15, -0.1) is 0 Å². The van der Waals surface area contributed by atoms with E-state index in [0.29, 0.717) is 57.2 Å². The summed E-state index contributed by atoms with van der Waals surface area (Å²) in [4.78, 5) is 12.7. The van der Waals surface area contributed by atoms with E-state index in [1.54, 1.807) is 13.2 Å². The van der Waals surface area contributed by atoms with Crippen molar-refractivity contribution in [3.8, 4) is 0 Å². The Balaban J connectivity index is 1.78. The molecule has 1 aliphatic rings. The van der Waals surface area contributed by atoms with E-state index in [9.17, 15) is 13.2 Å². The summed E-state index contributed by atoms with van der Waals surface area (Å²) in [6, 6.07) is 5.37. The van der Waals surface area contributed by atoms with E-state index in [4.69, 9.17) is 9.47 Å². The zero-order valence-corrected chi connectivity index (χ0v) is 17.9. The summed E-state index contributed by atoms with van der Waals surface area (Å²) in [5.41, 5.74) is 1.79. The molecule has 1 aromatic rings. The number of nitrogens with one attached hydrogen (secondary N) is 1. The Kier molecular flexibility index (Phi) is 8.88. The number of amides is 1. The van der Waals surface area contributed by atoms with Gasteiger partial charge in [0.15, 0.2) is 0 Å².